The van der Waals surface area contributed by atoms with E-state index in [2.05, 4.69) is 16.3 Å². The van der Waals surface area contributed by atoms with E-state index in [1.54, 1.807) is 19.2 Å². The third-order valence-electron chi connectivity index (χ3n) is 9.15. The molecule has 2 amide bonds. The van der Waals surface area contributed by atoms with Gasteiger partial charge in [0.15, 0.2) is 5.78 Å². The summed E-state index contributed by atoms with van der Waals surface area (Å²) in [6.45, 7) is 7.66. The van der Waals surface area contributed by atoms with Crippen molar-refractivity contribution in [2.45, 2.75) is 69.5 Å². The number of sulfonamides is 1. The van der Waals surface area contributed by atoms with Crippen LogP contribution < -0.4 is 15.2 Å². The first-order valence-electron chi connectivity index (χ1n) is 14.7. The van der Waals surface area contributed by atoms with Crippen molar-refractivity contribution in [1.29, 1.82) is 0 Å². The quantitative estimate of drug-likeness (QED) is 0.324. The largest absolute Gasteiger partial charge is 0.472 e. The van der Waals surface area contributed by atoms with Crippen molar-refractivity contribution in [2.75, 3.05) is 20.2 Å². The van der Waals surface area contributed by atoms with Crippen LogP contribution in [0.25, 0.3) is 10.8 Å². The highest BCUT2D eigenvalue weighted by molar-refractivity contribution is 7.90. The SMILES string of the molecule is C=C[C@@H]1C[C@]1(CC(=O)[C@@H]1C[C@@H](Oc2nccc3cc(C)ccc23)CN1C(=O)[C@@H](CN)[C@H](C)OC)C(=O)NS(=O)(=O)C1CC1. The molecule has 3 fully saturated rings. The molecule has 1 aromatic carbocycles. The summed E-state index contributed by atoms with van der Waals surface area (Å²) in [5.74, 6) is -2.01. The maximum Gasteiger partial charge on any atom is 0.240 e. The van der Waals surface area contributed by atoms with Crippen LogP contribution in [0.2, 0.25) is 0 Å². The number of ether oxygens (including phenoxy) is 2. The zero-order valence-electron chi connectivity index (χ0n) is 24.8. The molecule has 232 valence electrons. The standard InChI is InChI=1S/C31H40N4O7S/c1-5-21-14-31(21,30(38)34-43(39,40)23-7-8-23)15-27(36)26-13-22(17-35(26)29(37)25(16-32)19(3)41-4)42-28-24-9-6-18(2)12-20(24)10-11-33-28/h5-6,9-12,19,21-23,25-26H,1,7-8,13-17,32H2,2-4H3,(H,34,38)/t19-,21+,22+,25-,26-,31+/m0/s1. The summed E-state index contributed by atoms with van der Waals surface area (Å²) in [7, 11) is -2.30. The Bertz CT molecular complexity index is 1540. The maximum absolute atomic E-state index is 14.0. The number of nitrogens with two attached hydrogens (primary N) is 1. The third kappa shape index (κ3) is 6.18. The second-order valence-electron chi connectivity index (χ2n) is 12.1. The lowest BCUT2D eigenvalue weighted by Gasteiger charge is -2.30. The van der Waals surface area contributed by atoms with E-state index in [1.165, 1.54) is 12.0 Å². The molecule has 11 nitrogen and oxygen atoms in total. The van der Waals surface area contributed by atoms with Gasteiger partial charge in [0, 0.05) is 38.1 Å². The van der Waals surface area contributed by atoms with Crippen molar-refractivity contribution in [2.24, 2.45) is 23.0 Å². The molecule has 2 aliphatic carbocycles. The van der Waals surface area contributed by atoms with E-state index in [9.17, 15) is 22.8 Å². The number of aromatic nitrogens is 1. The second kappa shape index (κ2) is 12.0. The van der Waals surface area contributed by atoms with Crippen LogP contribution in [-0.4, -0.2) is 79.6 Å². The van der Waals surface area contributed by atoms with E-state index < -0.39 is 50.8 Å². The molecule has 12 heteroatoms. The lowest BCUT2D eigenvalue weighted by atomic mass is 9.91. The zero-order chi connectivity index (χ0) is 31.1. The van der Waals surface area contributed by atoms with Crippen molar-refractivity contribution < 1.29 is 32.3 Å². The van der Waals surface area contributed by atoms with Gasteiger partial charge in [-0.25, -0.2) is 13.4 Å². The van der Waals surface area contributed by atoms with Gasteiger partial charge in [0.1, 0.15) is 6.10 Å². The van der Waals surface area contributed by atoms with Gasteiger partial charge in [-0.1, -0.05) is 23.8 Å². The number of ketones is 1. The maximum atomic E-state index is 14.0. The Morgan fingerprint density at radius 1 is 1.28 bits per heavy atom. The molecule has 3 aliphatic rings. The molecule has 0 bridgehead atoms. The number of allylic oxidation sites excluding steroid dienone is 1. The molecular weight excluding hydrogens is 572 g/mol. The summed E-state index contributed by atoms with van der Waals surface area (Å²) >= 11 is 0. The van der Waals surface area contributed by atoms with E-state index in [0.29, 0.717) is 25.1 Å². The topological polar surface area (TPSA) is 158 Å². The number of pyridine rings is 1. The molecule has 0 spiro atoms. The van der Waals surface area contributed by atoms with Gasteiger partial charge in [-0.2, -0.15) is 0 Å². The molecule has 3 N–H and O–H groups in total. The smallest absolute Gasteiger partial charge is 0.240 e. The molecule has 1 aromatic heterocycles. The fourth-order valence-electron chi connectivity index (χ4n) is 6.13. The number of carbonyl (C=O) groups excluding carboxylic acids is 3. The van der Waals surface area contributed by atoms with Gasteiger partial charge in [-0.3, -0.25) is 19.1 Å². The number of Topliss-reactive ketones (excluding diaryl/α,β-unsaturated/α-hetero) is 1. The highest BCUT2D eigenvalue weighted by Crippen LogP contribution is 2.57. The molecule has 43 heavy (non-hydrogen) atoms. The number of amides is 2. The van der Waals surface area contributed by atoms with Crippen LogP contribution in [0.1, 0.15) is 44.6 Å². The number of hydrogen-bond donors (Lipinski definition) is 2. The Morgan fingerprint density at radius 2 is 2.02 bits per heavy atom. The zero-order valence-corrected chi connectivity index (χ0v) is 25.6. The molecule has 6 atom stereocenters. The number of methoxy groups -OCH3 is 1. The fourth-order valence-corrected chi connectivity index (χ4v) is 7.52. The first kappa shape index (κ1) is 31.1. The predicted octanol–water partition coefficient (Wildman–Crippen LogP) is 2.26. The Labute approximate surface area is 252 Å². The van der Waals surface area contributed by atoms with Gasteiger partial charge in [-0.05, 0) is 56.5 Å². The van der Waals surface area contributed by atoms with Crippen LogP contribution >= 0.6 is 0 Å². The second-order valence-corrected chi connectivity index (χ2v) is 14.1. The number of nitrogens with zero attached hydrogens (tertiary/aromatic N) is 2. The lowest BCUT2D eigenvalue weighted by molar-refractivity contribution is -0.144. The number of likely N-dealkylation sites (tertiary alicyclic amines) is 1. The van der Waals surface area contributed by atoms with Crippen molar-refractivity contribution in [1.82, 2.24) is 14.6 Å². The van der Waals surface area contributed by atoms with E-state index in [-0.39, 0.29) is 43.5 Å². The van der Waals surface area contributed by atoms with Crippen LogP contribution in [0.4, 0.5) is 0 Å². The number of hydrogen-bond acceptors (Lipinski definition) is 9. The van der Waals surface area contributed by atoms with Crippen molar-refractivity contribution in [3.8, 4) is 5.88 Å². The van der Waals surface area contributed by atoms with Gasteiger partial charge in [-0.15, -0.1) is 6.58 Å². The number of fused-ring (bicyclic) bond motifs is 1. The summed E-state index contributed by atoms with van der Waals surface area (Å²) in [5, 5.41) is 1.19. The molecule has 2 saturated carbocycles. The van der Waals surface area contributed by atoms with Crippen LogP contribution in [0.15, 0.2) is 43.1 Å². The fraction of sp³-hybridized carbons (Fsp3) is 0.548. The first-order chi connectivity index (χ1) is 20.4. The first-order valence-corrected chi connectivity index (χ1v) is 16.3. The number of carbonyl (C=O) groups is 3. The highest BCUT2D eigenvalue weighted by Gasteiger charge is 2.61. The summed E-state index contributed by atoms with van der Waals surface area (Å²) in [6.07, 6.45) is 3.47. The van der Waals surface area contributed by atoms with Gasteiger partial charge >= 0.3 is 0 Å². The predicted molar refractivity (Wildman–Crippen MR) is 160 cm³/mol. The van der Waals surface area contributed by atoms with Gasteiger partial charge in [0.05, 0.1) is 35.3 Å². The van der Waals surface area contributed by atoms with Gasteiger partial charge in [0.2, 0.25) is 27.7 Å². The van der Waals surface area contributed by atoms with Crippen LogP contribution in [0, 0.1) is 24.2 Å². The minimum Gasteiger partial charge on any atom is -0.472 e. The third-order valence-corrected chi connectivity index (χ3v) is 11.0. The van der Waals surface area contributed by atoms with Gasteiger partial charge < -0.3 is 20.1 Å². The average molecular weight is 613 g/mol. The van der Waals surface area contributed by atoms with Crippen molar-refractivity contribution in [3.05, 3.63) is 48.7 Å². The molecule has 0 radical (unpaired) electrons. The Morgan fingerprint density at radius 3 is 2.65 bits per heavy atom. The van der Waals surface area contributed by atoms with E-state index in [1.807, 2.05) is 31.2 Å². The van der Waals surface area contributed by atoms with Crippen LogP contribution in [0.5, 0.6) is 5.88 Å². The highest BCUT2D eigenvalue weighted by atomic mass is 32.2. The molecule has 2 aromatic rings. The number of aryl methyl sites for hydroxylation is 1. The summed E-state index contributed by atoms with van der Waals surface area (Å²) in [4.78, 5) is 47.0. The minimum atomic E-state index is -3.80. The van der Waals surface area contributed by atoms with E-state index in [0.717, 1.165) is 16.3 Å². The average Bonchev–Trinajstić information content (AvgIpc) is 3.90. The number of rotatable bonds is 13. The lowest BCUT2D eigenvalue weighted by Crippen LogP contribution is -2.49. The van der Waals surface area contributed by atoms with Crippen molar-refractivity contribution in [3.63, 3.8) is 0 Å². The molecule has 1 aliphatic heterocycles. The molecule has 1 saturated heterocycles. The minimum absolute atomic E-state index is 0.0188. The summed E-state index contributed by atoms with van der Waals surface area (Å²) < 4.78 is 39.0. The monoisotopic (exact) mass is 612 g/mol. The van der Waals surface area contributed by atoms with Crippen LogP contribution in [-0.2, 0) is 29.1 Å². The van der Waals surface area contributed by atoms with Crippen molar-refractivity contribution >= 4 is 38.4 Å². The van der Waals surface area contributed by atoms with E-state index >= 15 is 0 Å². The summed E-state index contributed by atoms with van der Waals surface area (Å²) in [5.41, 5.74) is 5.84. The Balaban J connectivity index is 1.40. The number of nitrogens with one attached hydrogen (secondary N) is 1. The number of benzene rings is 1. The molecule has 5 rings (SSSR count). The molecular formula is C31H40N4O7S. The Kier molecular flexibility index (Phi) is 8.65. The van der Waals surface area contributed by atoms with Gasteiger partial charge in [0.25, 0.3) is 0 Å². The molecule has 2 heterocycles. The van der Waals surface area contributed by atoms with Crippen LogP contribution in [0.3, 0.4) is 0 Å². The normalized spacial score (nSPS) is 26.5. The molecule has 0 unspecified atom stereocenters. The Hall–Kier alpha value is -3.35. The van der Waals surface area contributed by atoms with E-state index in [4.69, 9.17) is 15.2 Å². The summed E-state index contributed by atoms with van der Waals surface area (Å²) in [6, 6.07) is 6.91.